The Labute approximate surface area is 203 Å². The van der Waals surface area contributed by atoms with Crippen LogP contribution in [0.4, 0.5) is 24.7 Å². The first-order valence-electron chi connectivity index (χ1n) is 11.7. The van der Waals surface area contributed by atoms with Crippen molar-refractivity contribution < 1.29 is 27.4 Å². The molecule has 0 spiro atoms. The van der Waals surface area contributed by atoms with Gasteiger partial charge in [0, 0.05) is 63.2 Å². The van der Waals surface area contributed by atoms with E-state index in [0.29, 0.717) is 37.5 Å². The molecule has 8 nitrogen and oxygen atoms in total. The number of anilines is 1. The zero-order valence-electron chi connectivity index (χ0n) is 20.0. The van der Waals surface area contributed by atoms with Crippen molar-refractivity contribution >= 4 is 23.1 Å². The highest BCUT2D eigenvalue weighted by Gasteiger charge is 2.31. The molecular weight excluding hydrogens is 463 g/mol. The lowest BCUT2D eigenvalue weighted by Crippen LogP contribution is -2.41. The van der Waals surface area contributed by atoms with Crippen molar-refractivity contribution in [2.75, 3.05) is 51.3 Å². The number of ether oxygens (including phenoxy) is 2. The molecule has 0 radical (unpaired) electrons. The number of aryl methyl sites for hydroxylation is 1. The summed E-state index contributed by atoms with van der Waals surface area (Å²) in [4.78, 5) is 19.1. The van der Waals surface area contributed by atoms with Crippen molar-refractivity contribution in [2.24, 2.45) is 4.99 Å². The van der Waals surface area contributed by atoms with Gasteiger partial charge in [-0.15, -0.1) is 13.2 Å². The molecule has 1 aliphatic heterocycles. The number of carbonyl (C=O) groups excluding carboxylic acids is 1. The van der Waals surface area contributed by atoms with Crippen molar-refractivity contribution in [1.29, 1.82) is 0 Å². The molecule has 1 fully saturated rings. The minimum Gasteiger partial charge on any atom is -0.406 e. The van der Waals surface area contributed by atoms with E-state index in [-0.39, 0.29) is 11.7 Å². The van der Waals surface area contributed by atoms with Gasteiger partial charge in [0.15, 0.2) is 0 Å². The van der Waals surface area contributed by atoms with E-state index in [2.05, 4.69) is 25.3 Å². The summed E-state index contributed by atoms with van der Waals surface area (Å²) in [6.45, 7) is 9.65. The molecule has 0 bridgehead atoms. The van der Waals surface area contributed by atoms with Gasteiger partial charge in [-0.2, -0.15) is 0 Å². The summed E-state index contributed by atoms with van der Waals surface area (Å²) < 4.78 is 48.3. The SMILES string of the molecule is CCNc1c(C(C)=Nc2ccc(OC(F)(F)F)cc2)ccn1CCC(=O)NCCN1CCOCC1. The molecule has 2 aromatic rings. The number of morpholine rings is 1. The average Bonchev–Trinajstić information content (AvgIpc) is 3.22. The highest BCUT2D eigenvalue weighted by atomic mass is 19.4. The zero-order valence-corrected chi connectivity index (χ0v) is 20.0. The quantitative estimate of drug-likeness (QED) is 0.464. The molecule has 1 aromatic heterocycles. The number of aromatic nitrogens is 1. The summed E-state index contributed by atoms with van der Waals surface area (Å²) in [5, 5.41) is 6.30. The zero-order chi connectivity index (χ0) is 25.3. The first-order chi connectivity index (χ1) is 16.7. The van der Waals surface area contributed by atoms with Gasteiger partial charge in [0.25, 0.3) is 0 Å². The molecule has 0 saturated carbocycles. The summed E-state index contributed by atoms with van der Waals surface area (Å²) >= 11 is 0. The first-order valence-corrected chi connectivity index (χ1v) is 11.7. The molecule has 1 saturated heterocycles. The molecule has 0 unspecified atom stereocenters. The minimum absolute atomic E-state index is 0.0116. The maximum Gasteiger partial charge on any atom is 0.573 e. The van der Waals surface area contributed by atoms with Crippen LogP contribution < -0.4 is 15.4 Å². The third-order valence-corrected chi connectivity index (χ3v) is 5.50. The van der Waals surface area contributed by atoms with Crippen LogP contribution in [0, 0.1) is 0 Å². The van der Waals surface area contributed by atoms with E-state index >= 15 is 0 Å². The van der Waals surface area contributed by atoms with Crippen molar-refractivity contribution in [1.82, 2.24) is 14.8 Å². The molecule has 2 N–H and O–H groups in total. The van der Waals surface area contributed by atoms with Gasteiger partial charge >= 0.3 is 6.36 Å². The lowest BCUT2D eigenvalue weighted by Gasteiger charge is -2.26. The summed E-state index contributed by atoms with van der Waals surface area (Å²) in [5.41, 5.74) is 2.06. The van der Waals surface area contributed by atoms with Crippen LogP contribution in [-0.2, 0) is 16.1 Å². The van der Waals surface area contributed by atoms with E-state index in [0.717, 1.165) is 44.2 Å². The second-order valence-corrected chi connectivity index (χ2v) is 8.09. The number of aliphatic imine (C=N–C) groups is 1. The van der Waals surface area contributed by atoms with Crippen molar-refractivity contribution in [3.05, 3.63) is 42.1 Å². The van der Waals surface area contributed by atoms with Crippen LogP contribution in [-0.4, -0.2) is 73.4 Å². The van der Waals surface area contributed by atoms with E-state index in [1.807, 2.05) is 30.7 Å². The van der Waals surface area contributed by atoms with Gasteiger partial charge in [0.1, 0.15) is 11.6 Å². The monoisotopic (exact) mass is 495 g/mol. The fraction of sp³-hybridized carbons (Fsp3) is 0.500. The highest BCUT2D eigenvalue weighted by Crippen LogP contribution is 2.26. The van der Waals surface area contributed by atoms with Gasteiger partial charge < -0.3 is 24.7 Å². The normalized spacial score (nSPS) is 15.2. The Morgan fingerprint density at radius 2 is 1.86 bits per heavy atom. The number of benzene rings is 1. The van der Waals surface area contributed by atoms with Crippen LogP contribution >= 0.6 is 0 Å². The van der Waals surface area contributed by atoms with Crippen molar-refractivity contribution in [2.45, 2.75) is 33.2 Å². The number of carbonyl (C=O) groups is 1. The van der Waals surface area contributed by atoms with Gasteiger partial charge in [-0.3, -0.25) is 14.7 Å². The van der Waals surface area contributed by atoms with Crippen molar-refractivity contribution in [3.8, 4) is 5.75 Å². The number of halogens is 3. The van der Waals surface area contributed by atoms with Gasteiger partial charge in [-0.25, -0.2) is 0 Å². The van der Waals surface area contributed by atoms with Crippen LogP contribution in [0.2, 0.25) is 0 Å². The Morgan fingerprint density at radius 1 is 1.14 bits per heavy atom. The van der Waals surface area contributed by atoms with E-state index in [1.54, 1.807) is 0 Å². The lowest BCUT2D eigenvalue weighted by atomic mass is 10.2. The smallest absolute Gasteiger partial charge is 0.406 e. The molecule has 1 amide bonds. The standard InChI is InChI=1S/C24H32F3N5O3/c1-3-28-23-21(18(2)30-19-4-6-20(7-5-19)35-24(25,26)27)8-11-32(23)12-9-22(33)29-10-13-31-14-16-34-17-15-31/h4-8,11,28H,3,9-10,12-17H2,1-2H3,(H,29,33). The van der Waals surface area contributed by atoms with Crippen LogP contribution in [0.15, 0.2) is 41.5 Å². The molecule has 1 aliphatic rings. The number of nitrogens with zero attached hydrogens (tertiary/aromatic N) is 3. The van der Waals surface area contributed by atoms with Gasteiger partial charge in [0.2, 0.25) is 5.91 Å². The number of hydrogen-bond acceptors (Lipinski definition) is 6. The Bertz CT molecular complexity index is 983. The number of nitrogens with one attached hydrogen (secondary N) is 2. The number of amides is 1. The minimum atomic E-state index is -4.73. The van der Waals surface area contributed by atoms with Crippen LogP contribution in [0.25, 0.3) is 0 Å². The summed E-state index contributed by atoms with van der Waals surface area (Å²) in [6.07, 6.45) is -2.50. The Kier molecular flexibility index (Phi) is 9.55. The summed E-state index contributed by atoms with van der Waals surface area (Å²) in [5.74, 6) is 0.534. The molecule has 3 rings (SSSR count). The van der Waals surface area contributed by atoms with Gasteiger partial charge in [-0.1, -0.05) is 0 Å². The molecule has 0 aliphatic carbocycles. The van der Waals surface area contributed by atoms with Gasteiger partial charge in [0.05, 0.1) is 18.9 Å². The average molecular weight is 496 g/mol. The largest absolute Gasteiger partial charge is 0.573 e. The Balaban J connectivity index is 1.58. The number of alkyl halides is 3. The predicted octanol–water partition coefficient (Wildman–Crippen LogP) is 3.80. The topological polar surface area (TPSA) is 80.1 Å². The third kappa shape index (κ3) is 8.59. The number of rotatable bonds is 11. The lowest BCUT2D eigenvalue weighted by molar-refractivity contribution is -0.274. The Morgan fingerprint density at radius 3 is 2.51 bits per heavy atom. The molecule has 1 aromatic carbocycles. The summed E-state index contributed by atoms with van der Waals surface area (Å²) in [7, 11) is 0. The maximum atomic E-state index is 12.4. The molecule has 2 heterocycles. The molecule has 11 heteroatoms. The van der Waals surface area contributed by atoms with Crippen LogP contribution in [0.1, 0.15) is 25.8 Å². The van der Waals surface area contributed by atoms with Crippen LogP contribution in [0.3, 0.4) is 0 Å². The van der Waals surface area contributed by atoms with E-state index in [4.69, 9.17) is 4.74 Å². The van der Waals surface area contributed by atoms with Crippen LogP contribution in [0.5, 0.6) is 5.75 Å². The maximum absolute atomic E-state index is 12.4. The molecule has 0 atom stereocenters. The second-order valence-electron chi connectivity index (χ2n) is 8.09. The molecule has 35 heavy (non-hydrogen) atoms. The van der Waals surface area contributed by atoms with Gasteiger partial charge in [-0.05, 0) is 44.2 Å². The fourth-order valence-corrected chi connectivity index (χ4v) is 3.78. The Hall–Kier alpha value is -3.05. The van der Waals surface area contributed by atoms with E-state index < -0.39 is 6.36 Å². The third-order valence-electron chi connectivity index (χ3n) is 5.50. The first kappa shape index (κ1) is 26.6. The molecule has 192 valence electrons. The van der Waals surface area contributed by atoms with E-state index in [9.17, 15) is 18.0 Å². The second kappa shape index (κ2) is 12.6. The highest BCUT2D eigenvalue weighted by molar-refractivity contribution is 6.04. The predicted molar refractivity (Wildman–Crippen MR) is 128 cm³/mol. The number of hydrogen-bond donors (Lipinski definition) is 2. The summed E-state index contributed by atoms with van der Waals surface area (Å²) in [6, 6.07) is 7.31. The molecular formula is C24H32F3N5O3. The van der Waals surface area contributed by atoms with Crippen molar-refractivity contribution in [3.63, 3.8) is 0 Å². The fourth-order valence-electron chi connectivity index (χ4n) is 3.78. The van der Waals surface area contributed by atoms with E-state index in [1.165, 1.54) is 24.3 Å².